The average Bonchev–Trinajstić information content (AvgIpc) is 2.85. The molecule has 2 rings (SSSR count). The molecule has 0 aromatic carbocycles. The fraction of sp³-hybridized carbons (Fsp3) is 0.429. The van der Waals surface area contributed by atoms with Crippen molar-refractivity contribution >= 4 is 23.5 Å². The summed E-state index contributed by atoms with van der Waals surface area (Å²) < 4.78 is 1.89. The second-order valence-corrected chi connectivity index (χ2v) is 6.00. The van der Waals surface area contributed by atoms with Crippen molar-refractivity contribution in [2.75, 3.05) is 43.7 Å². The van der Waals surface area contributed by atoms with Crippen LogP contribution in [0.5, 0.6) is 0 Å². The first-order valence-electron chi connectivity index (χ1n) is 6.63. The summed E-state index contributed by atoms with van der Waals surface area (Å²) in [5.41, 5.74) is 0.727. The molecule has 7 nitrogen and oxygen atoms in total. The topological polar surface area (TPSA) is 63.0 Å². The predicted molar refractivity (Wildman–Crippen MR) is 90.2 cm³/mol. The number of hydrogen-bond acceptors (Lipinski definition) is 7. The number of aromatic nitrogens is 5. The summed E-state index contributed by atoms with van der Waals surface area (Å²) in [4.78, 5) is 12.8. The Kier molecular flexibility index (Phi) is 4.88. The van der Waals surface area contributed by atoms with Gasteiger partial charge in [-0.15, -0.1) is 16.6 Å². The molecule has 0 bridgehead atoms. The first-order chi connectivity index (χ1) is 10.4. The van der Waals surface area contributed by atoms with E-state index < -0.39 is 0 Å². The fourth-order valence-electron chi connectivity index (χ4n) is 1.74. The van der Waals surface area contributed by atoms with Crippen molar-refractivity contribution in [3.8, 4) is 23.9 Å². The largest absolute Gasteiger partial charge is 0.363 e. The van der Waals surface area contributed by atoms with Crippen LogP contribution in [0.2, 0.25) is 0 Å². The van der Waals surface area contributed by atoms with Crippen molar-refractivity contribution in [3.63, 3.8) is 0 Å². The third-order valence-corrected chi connectivity index (χ3v) is 3.83. The monoisotopic (exact) mass is 317 g/mol. The highest BCUT2D eigenvalue weighted by Crippen LogP contribution is 2.24. The maximum atomic E-state index is 5.29. The number of anilines is 2. The van der Waals surface area contributed by atoms with Gasteiger partial charge in [0, 0.05) is 41.3 Å². The molecule has 0 amide bonds. The summed E-state index contributed by atoms with van der Waals surface area (Å²) in [6, 6.07) is 1.90. The predicted octanol–water partition coefficient (Wildman–Crippen LogP) is 1.13. The standard InChI is InChI=1S/C14H19N7S/c1-7-8-22-14-18-17-12(21(14)6)10-9-11(19(2)3)16-13(15-10)20(4)5/h1,9H,8H2,2-6H3. The molecule has 0 saturated carbocycles. The maximum absolute atomic E-state index is 5.29. The van der Waals surface area contributed by atoms with Gasteiger partial charge in [0.2, 0.25) is 5.95 Å². The quantitative estimate of drug-likeness (QED) is 0.605. The van der Waals surface area contributed by atoms with Crippen LogP contribution in [0.25, 0.3) is 11.5 Å². The summed E-state index contributed by atoms with van der Waals surface area (Å²) in [6.07, 6.45) is 5.29. The number of thioether (sulfide) groups is 1. The van der Waals surface area contributed by atoms with E-state index >= 15 is 0 Å². The van der Waals surface area contributed by atoms with Gasteiger partial charge in [-0.25, -0.2) is 4.98 Å². The minimum atomic E-state index is 0.557. The van der Waals surface area contributed by atoms with Crippen LogP contribution in [-0.2, 0) is 7.05 Å². The summed E-state index contributed by atoms with van der Waals surface area (Å²) in [7, 11) is 9.60. The highest BCUT2D eigenvalue weighted by Gasteiger charge is 2.16. The van der Waals surface area contributed by atoms with Gasteiger partial charge in [-0.1, -0.05) is 17.7 Å². The summed E-state index contributed by atoms with van der Waals surface area (Å²) in [6.45, 7) is 0. The zero-order chi connectivity index (χ0) is 16.3. The van der Waals surface area contributed by atoms with Crippen LogP contribution >= 0.6 is 11.8 Å². The second kappa shape index (κ2) is 6.66. The highest BCUT2D eigenvalue weighted by atomic mass is 32.2. The Hall–Kier alpha value is -2.27. The molecule has 0 aliphatic carbocycles. The van der Waals surface area contributed by atoms with Crippen molar-refractivity contribution in [3.05, 3.63) is 6.07 Å². The van der Waals surface area contributed by atoms with Crippen LogP contribution in [0.4, 0.5) is 11.8 Å². The maximum Gasteiger partial charge on any atom is 0.227 e. The first kappa shape index (κ1) is 16.1. The summed E-state index contributed by atoms with van der Waals surface area (Å²) >= 11 is 1.47. The molecule has 0 atom stereocenters. The van der Waals surface area contributed by atoms with Gasteiger partial charge in [0.05, 0.1) is 5.75 Å². The third kappa shape index (κ3) is 3.31. The molecule has 0 spiro atoms. The molecule has 2 heterocycles. The van der Waals surface area contributed by atoms with Crippen molar-refractivity contribution in [1.82, 2.24) is 24.7 Å². The van der Waals surface area contributed by atoms with Gasteiger partial charge in [0.25, 0.3) is 0 Å². The Morgan fingerprint density at radius 3 is 2.50 bits per heavy atom. The van der Waals surface area contributed by atoms with E-state index in [2.05, 4.69) is 26.1 Å². The van der Waals surface area contributed by atoms with Crippen LogP contribution in [0.1, 0.15) is 0 Å². The zero-order valence-corrected chi connectivity index (χ0v) is 14.2. The van der Waals surface area contributed by atoms with Gasteiger partial charge in [0.15, 0.2) is 11.0 Å². The first-order valence-corrected chi connectivity index (χ1v) is 7.62. The Balaban J connectivity index is 2.48. The Morgan fingerprint density at radius 2 is 1.91 bits per heavy atom. The SMILES string of the molecule is C#CCSc1nnc(-c2cc(N(C)C)nc(N(C)C)n2)n1C. The molecule has 0 saturated heterocycles. The van der Waals surface area contributed by atoms with Crippen LogP contribution in [0, 0.1) is 12.3 Å². The van der Waals surface area contributed by atoms with E-state index in [1.165, 1.54) is 11.8 Å². The third-order valence-electron chi connectivity index (χ3n) is 2.91. The molecular weight excluding hydrogens is 298 g/mol. The van der Waals surface area contributed by atoms with Crippen molar-refractivity contribution in [2.45, 2.75) is 5.16 Å². The van der Waals surface area contributed by atoms with Gasteiger partial charge in [-0.2, -0.15) is 4.98 Å². The zero-order valence-electron chi connectivity index (χ0n) is 13.4. The molecule has 8 heteroatoms. The van der Waals surface area contributed by atoms with Crippen LogP contribution in [0.3, 0.4) is 0 Å². The van der Waals surface area contributed by atoms with Crippen molar-refractivity contribution in [2.24, 2.45) is 7.05 Å². The number of rotatable bonds is 5. The lowest BCUT2D eigenvalue weighted by atomic mass is 10.3. The molecule has 0 fully saturated rings. The van der Waals surface area contributed by atoms with E-state index in [0.29, 0.717) is 17.5 Å². The van der Waals surface area contributed by atoms with Gasteiger partial charge < -0.3 is 14.4 Å². The molecule has 116 valence electrons. The van der Waals surface area contributed by atoms with E-state index in [-0.39, 0.29) is 0 Å². The molecule has 0 aliphatic heterocycles. The van der Waals surface area contributed by atoms with E-state index in [0.717, 1.165) is 16.7 Å². The Bertz CT molecular complexity index is 673. The molecule has 0 aliphatic rings. The van der Waals surface area contributed by atoms with Gasteiger partial charge in [-0.3, -0.25) is 0 Å². The molecule has 2 aromatic rings. The minimum Gasteiger partial charge on any atom is -0.363 e. The van der Waals surface area contributed by atoms with Crippen molar-refractivity contribution in [1.29, 1.82) is 0 Å². The Morgan fingerprint density at radius 1 is 1.18 bits per heavy atom. The molecular formula is C14H19N7S. The number of terminal acetylenes is 1. The molecule has 0 radical (unpaired) electrons. The average molecular weight is 317 g/mol. The summed E-state index contributed by atoms with van der Waals surface area (Å²) in [5.74, 6) is 5.27. The summed E-state index contributed by atoms with van der Waals surface area (Å²) in [5, 5.41) is 9.18. The highest BCUT2D eigenvalue weighted by molar-refractivity contribution is 7.99. The van der Waals surface area contributed by atoms with Gasteiger partial charge in [-0.05, 0) is 0 Å². The minimum absolute atomic E-state index is 0.557. The number of hydrogen-bond donors (Lipinski definition) is 0. The second-order valence-electron chi connectivity index (χ2n) is 5.06. The molecule has 2 aromatic heterocycles. The molecule has 22 heavy (non-hydrogen) atoms. The van der Waals surface area contributed by atoms with Gasteiger partial charge in [0.1, 0.15) is 11.5 Å². The normalized spacial score (nSPS) is 10.4. The van der Waals surface area contributed by atoms with E-state index in [4.69, 9.17) is 6.42 Å². The van der Waals surface area contributed by atoms with Crippen LogP contribution in [-0.4, -0.2) is 58.7 Å². The van der Waals surface area contributed by atoms with Crippen LogP contribution in [0.15, 0.2) is 11.2 Å². The van der Waals surface area contributed by atoms with Crippen LogP contribution < -0.4 is 9.80 Å². The lowest BCUT2D eigenvalue weighted by Crippen LogP contribution is -2.17. The lowest BCUT2D eigenvalue weighted by Gasteiger charge is -2.17. The lowest BCUT2D eigenvalue weighted by molar-refractivity contribution is 0.792. The Labute approximate surface area is 134 Å². The number of nitrogens with zero attached hydrogens (tertiary/aromatic N) is 7. The fourth-order valence-corrected chi connectivity index (χ4v) is 2.33. The van der Waals surface area contributed by atoms with Crippen molar-refractivity contribution < 1.29 is 0 Å². The molecule has 0 N–H and O–H groups in total. The van der Waals surface area contributed by atoms with Gasteiger partial charge >= 0.3 is 0 Å². The molecule has 0 unspecified atom stereocenters. The van der Waals surface area contributed by atoms with E-state index in [1.807, 2.05) is 55.7 Å². The van der Waals surface area contributed by atoms with E-state index in [9.17, 15) is 0 Å². The van der Waals surface area contributed by atoms with E-state index in [1.54, 1.807) is 0 Å². The smallest absolute Gasteiger partial charge is 0.227 e.